The largest absolute Gasteiger partial charge is 0.480 e. The van der Waals surface area contributed by atoms with Crippen molar-refractivity contribution in [3.63, 3.8) is 0 Å². The van der Waals surface area contributed by atoms with Crippen molar-refractivity contribution in [2.75, 3.05) is 26.7 Å². The molecule has 4 heteroatoms. The summed E-state index contributed by atoms with van der Waals surface area (Å²) in [5, 5.41) is 11.8. The minimum absolute atomic E-state index is 0.378. The average Bonchev–Trinajstić information content (AvgIpc) is 2.62. The summed E-state index contributed by atoms with van der Waals surface area (Å²) in [6.45, 7) is 5.53. The van der Waals surface area contributed by atoms with Crippen LogP contribution in [0.15, 0.2) is 0 Å². The number of hydrogen-bond donors (Lipinski definition) is 2. The number of nitrogens with zero attached hydrogens (tertiary/aromatic N) is 1. The van der Waals surface area contributed by atoms with Crippen molar-refractivity contribution >= 4 is 5.97 Å². The summed E-state index contributed by atoms with van der Waals surface area (Å²) in [4.78, 5) is 13.3. The fourth-order valence-corrected chi connectivity index (χ4v) is 2.30. The maximum atomic E-state index is 10.8. The second kappa shape index (κ2) is 6.08. The third kappa shape index (κ3) is 3.80. The molecule has 4 nitrogen and oxygen atoms in total. The minimum atomic E-state index is -0.730. The molecule has 1 fully saturated rings. The Labute approximate surface area is 91.6 Å². The normalized spacial score (nSPS) is 24.3. The first-order chi connectivity index (χ1) is 7.17. The monoisotopic (exact) mass is 214 g/mol. The molecule has 0 radical (unpaired) electrons. The van der Waals surface area contributed by atoms with Crippen LogP contribution in [-0.2, 0) is 4.79 Å². The van der Waals surface area contributed by atoms with Crippen LogP contribution in [0.1, 0.15) is 26.2 Å². The van der Waals surface area contributed by atoms with Crippen molar-refractivity contribution in [3.05, 3.63) is 0 Å². The number of carboxylic acids is 1. The molecule has 0 aliphatic carbocycles. The van der Waals surface area contributed by atoms with Gasteiger partial charge in [0.25, 0.3) is 0 Å². The summed E-state index contributed by atoms with van der Waals surface area (Å²) in [6, 6.07) is -0.378. The van der Waals surface area contributed by atoms with E-state index in [2.05, 4.69) is 17.1 Å². The fraction of sp³-hybridized carbons (Fsp3) is 0.909. The van der Waals surface area contributed by atoms with Crippen molar-refractivity contribution in [2.24, 2.45) is 5.92 Å². The first-order valence-electron chi connectivity index (χ1n) is 5.79. The first-order valence-corrected chi connectivity index (χ1v) is 5.79. The molecule has 2 N–H and O–H groups in total. The van der Waals surface area contributed by atoms with Crippen LogP contribution in [-0.4, -0.2) is 48.7 Å². The highest BCUT2D eigenvalue weighted by Crippen LogP contribution is 2.21. The van der Waals surface area contributed by atoms with E-state index in [0.717, 1.165) is 32.5 Å². The van der Waals surface area contributed by atoms with Crippen LogP contribution in [0, 0.1) is 5.92 Å². The number of aliphatic carboxylic acids is 1. The molecule has 0 aromatic heterocycles. The van der Waals surface area contributed by atoms with E-state index in [0.29, 0.717) is 5.92 Å². The molecular weight excluding hydrogens is 192 g/mol. The zero-order valence-electron chi connectivity index (χ0n) is 9.70. The SMILES string of the molecule is CCCN1CCC(CC(NC)C(=O)O)C1. The highest BCUT2D eigenvalue weighted by Gasteiger charge is 2.26. The Balaban J connectivity index is 2.31. The van der Waals surface area contributed by atoms with E-state index in [-0.39, 0.29) is 6.04 Å². The molecule has 1 heterocycles. The molecule has 0 bridgehead atoms. The van der Waals surface area contributed by atoms with Crippen LogP contribution in [0.25, 0.3) is 0 Å². The maximum Gasteiger partial charge on any atom is 0.320 e. The molecule has 1 aliphatic rings. The van der Waals surface area contributed by atoms with Crippen molar-refractivity contribution in [1.29, 1.82) is 0 Å². The van der Waals surface area contributed by atoms with Crippen LogP contribution in [0.3, 0.4) is 0 Å². The van der Waals surface area contributed by atoms with E-state index in [9.17, 15) is 4.79 Å². The van der Waals surface area contributed by atoms with Gasteiger partial charge in [-0.2, -0.15) is 0 Å². The summed E-state index contributed by atoms with van der Waals surface area (Å²) >= 11 is 0. The van der Waals surface area contributed by atoms with Gasteiger partial charge < -0.3 is 15.3 Å². The number of likely N-dealkylation sites (N-methyl/N-ethyl adjacent to an activating group) is 1. The quantitative estimate of drug-likeness (QED) is 0.686. The predicted octanol–water partition coefficient (Wildman–Crippen LogP) is 0.781. The van der Waals surface area contributed by atoms with Crippen LogP contribution in [0.5, 0.6) is 0 Å². The molecule has 0 aromatic carbocycles. The molecule has 88 valence electrons. The molecule has 1 saturated heterocycles. The Morgan fingerprint density at radius 3 is 2.93 bits per heavy atom. The Hall–Kier alpha value is -0.610. The van der Waals surface area contributed by atoms with Crippen molar-refractivity contribution in [2.45, 2.75) is 32.2 Å². The molecule has 0 amide bonds. The van der Waals surface area contributed by atoms with E-state index in [1.165, 1.54) is 6.42 Å². The standard InChI is InChI=1S/C11H22N2O2/c1-3-5-13-6-4-9(8-13)7-10(12-2)11(14)15/h9-10,12H,3-8H2,1-2H3,(H,14,15). The van der Waals surface area contributed by atoms with Gasteiger partial charge in [0.05, 0.1) is 0 Å². The Morgan fingerprint density at radius 1 is 1.67 bits per heavy atom. The Morgan fingerprint density at radius 2 is 2.40 bits per heavy atom. The lowest BCUT2D eigenvalue weighted by Gasteiger charge is -2.17. The minimum Gasteiger partial charge on any atom is -0.480 e. The van der Waals surface area contributed by atoms with Gasteiger partial charge in [0.15, 0.2) is 0 Å². The molecule has 15 heavy (non-hydrogen) atoms. The molecule has 1 rings (SSSR count). The summed E-state index contributed by atoms with van der Waals surface area (Å²) in [7, 11) is 1.72. The van der Waals surface area contributed by atoms with Crippen LogP contribution in [0.4, 0.5) is 0 Å². The lowest BCUT2D eigenvalue weighted by Crippen LogP contribution is -2.36. The molecule has 0 aromatic rings. The van der Waals surface area contributed by atoms with Gasteiger partial charge in [0.1, 0.15) is 6.04 Å². The maximum absolute atomic E-state index is 10.8. The highest BCUT2D eigenvalue weighted by atomic mass is 16.4. The summed E-state index contributed by atoms with van der Waals surface area (Å²) in [6.07, 6.45) is 3.08. The van der Waals surface area contributed by atoms with Gasteiger partial charge in [-0.3, -0.25) is 4.79 Å². The number of carboxylic acid groups (broad SMARTS) is 1. The molecule has 0 saturated carbocycles. The zero-order chi connectivity index (χ0) is 11.3. The third-order valence-electron chi connectivity index (χ3n) is 3.13. The zero-order valence-corrected chi connectivity index (χ0v) is 9.70. The van der Waals surface area contributed by atoms with Gasteiger partial charge in [-0.15, -0.1) is 0 Å². The van der Waals surface area contributed by atoms with E-state index in [1.54, 1.807) is 7.05 Å². The number of nitrogens with one attached hydrogen (secondary N) is 1. The second-order valence-electron chi connectivity index (χ2n) is 4.37. The Kier molecular flexibility index (Phi) is 5.05. The van der Waals surface area contributed by atoms with Crippen molar-refractivity contribution in [1.82, 2.24) is 10.2 Å². The predicted molar refractivity (Wildman–Crippen MR) is 59.9 cm³/mol. The van der Waals surface area contributed by atoms with E-state index in [1.807, 2.05) is 0 Å². The second-order valence-corrected chi connectivity index (χ2v) is 4.37. The molecular formula is C11H22N2O2. The van der Waals surface area contributed by atoms with Crippen molar-refractivity contribution < 1.29 is 9.90 Å². The molecule has 0 spiro atoms. The van der Waals surface area contributed by atoms with Gasteiger partial charge in [-0.25, -0.2) is 0 Å². The number of carbonyl (C=O) groups is 1. The first kappa shape index (κ1) is 12.5. The van der Waals surface area contributed by atoms with E-state index in [4.69, 9.17) is 5.11 Å². The number of rotatable bonds is 6. The lowest BCUT2D eigenvalue weighted by molar-refractivity contribution is -0.139. The molecule has 2 unspecified atom stereocenters. The number of hydrogen-bond acceptors (Lipinski definition) is 3. The van der Waals surface area contributed by atoms with Crippen LogP contribution < -0.4 is 5.32 Å². The Bertz CT molecular complexity index is 209. The van der Waals surface area contributed by atoms with Gasteiger partial charge in [0.2, 0.25) is 0 Å². The van der Waals surface area contributed by atoms with Gasteiger partial charge >= 0.3 is 5.97 Å². The molecule has 1 aliphatic heterocycles. The van der Waals surface area contributed by atoms with Gasteiger partial charge in [-0.1, -0.05) is 6.92 Å². The smallest absolute Gasteiger partial charge is 0.320 e. The van der Waals surface area contributed by atoms with Crippen molar-refractivity contribution in [3.8, 4) is 0 Å². The summed E-state index contributed by atoms with van der Waals surface area (Å²) < 4.78 is 0. The van der Waals surface area contributed by atoms with Gasteiger partial charge in [0, 0.05) is 6.54 Å². The highest BCUT2D eigenvalue weighted by molar-refractivity contribution is 5.73. The van der Waals surface area contributed by atoms with E-state index >= 15 is 0 Å². The summed E-state index contributed by atoms with van der Waals surface area (Å²) in [5.41, 5.74) is 0. The summed E-state index contributed by atoms with van der Waals surface area (Å²) in [5.74, 6) is -0.184. The topological polar surface area (TPSA) is 52.6 Å². The van der Waals surface area contributed by atoms with Crippen LogP contribution in [0.2, 0.25) is 0 Å². The molecule has 2 atom stereocenters. The fourth-order valence-electron chi connectivity index (χ4n) is 2.30. The van der Waals surface area contributed by atoms with E-state index < -0.39 is 5.97 Å². The van der Waals surface area contributed by atoms with Crippen LogP contribution >= 0.6 is 0 Å². The lowest BCUT2D eigenvalue weighted by atomic mass is 9.99. The number of likely N-dealkylation sites (tertiary alicyclic amines) is 1. The van der Waals surface area contributed by atoms with Gasteiger partial charge in [-0.05, 0) is 45.3 Å². The average molecular weight is 214 g/mol. The third-order valence-corrected chi connectivity index (χ3v) is 3.13.